The fourth-order valence-corrected chi connectivity index (χ4v) is 2.42. The number of hydrogen-bond acceptors (Lipinski definition) is 1. The second-order valence-corrected chi connectivity index (χ2v) is 5.67. The molecule has 0 radical (unpaired) electrons. The lowest BCUT2D eigenvalue weighted by Gasteiger charge is -2.09. The van der Waals surface area contributed by atoms with Gasteiger partial charge in [-0.15, -0.1) is 0 Å². The lowest BCUT2D eigenvalue weighted by molar-refractivity contribution is 0.102. The van der Waals surface area contributed by atoms with Gasteiger partial charge in [0, 0.05) is 10.2 Å². The fourth-order valence-electron chi connectivity index (χ4n) is 1.60. The molecule has 0 aromatic heterocycles. The Kier molecular flexibility index (Phi) is 4.37. The summed E-state index contributed by atoms with van der Waals surface area (Å²) in [6, 6.07) is 9.79. The summed E-state index contributed by atoms with van der Waals surface area (Å²) < 4.78 is 14.2. The van der Waals surface area contributed by atoms with Crippen LogP contribution in [0.25, 0.3) is 0 Å². The van der Waals surface area contributed by atoms with Crippen LogP contribution in [-0.4, -0.2) is 5.91 Å². The first-order valence-electron chi connectivity index (χ1n) is 5.50. The molecule has 0 saturated heterocycles. The molecule has 1 N–H and O–H groups in total. The van der Waals surface area contributed by atoms with Crippen molar-refractivity contribution in [3.63, 3.8) is 0 Å². The first-order valence-corrected chi connectivity index (χ1v) is 7.09. The summed E-state index contributed by atoms with van der Waals surface area (Å²) in [6.07, 6.45) is 0. The van der Waals surface area contributed by atoms with Gasteiger partial charge in [-0.05, 0) is 68.6 Å². The van der Waals surface area contributed by atoms with Crippen LogP contribution in [-0.2, 0) is 0 Å². The van der Waals surface area contributed by atoms with Crippen LogP contribution in [0.5, 0.6) is 0 Å². The standard InChI is InChI=1S/C14H10Br2FNO/c1-8-3-2-4-10(13(8)16)14(19)18-9-5-6-12(17)11(15)7-9/h2-7H,1H3,(H,18,19). The third-order valence-corrected chi connectivity index (χ3v) is 4.27. The topological polar surface area (TPSA) is 29.1 Å². The van der Waals surface area contributed by atoms with Gasteiger partial charge >= 0.3 is 0 Å². The third-order valence-electron chi connectivity index (χ3n) is 2.61. The lowest BCUT2D eigenvalue weighted by Crippen LogP contribution is -2.13. The van der Waals surface area contributed by atoms with Crippen molar-refractivity contribution in [2.45, 2.75) is 6.92 Å². The van der Waals surface area contributed by atoms with Crippen LogP contribution in [0.2, 0.25) is 0 Å². The van der Waals surface area contributed by atoms with E-state index >= 15 is 0 Å². The molecule has 0 unspecified atom stereocenters. The molecule has 0 aliphatic heterocycles. The molecule has 0 heterocycles. The van der Waals surface area contributed by atoms with Gasteiger partial charge in [0.25, 0.3) is 5.91 Å². The number of benzene rings is 2. The summed E-state index contributed by atoms with van der Waals surface area (Å²) in [5.41, 5.74) is 2.06. The molecule has 2 rings (SSSR count). The van der Waals surface area contributed by atoms with Crippen LogP contribution in [0.4, 0.5) is 10.1 Å². The minimum Gasteiger partial charge on any atom is -0.322 e. The number of halogens is 3. The molecule has 5 heteroatoms. The Balaban J connectivity index is 2.26. The largest absolute Gasteiger partial charge is 0.322 e. The highest BCUT2D eigenvalue weighted by Gasteiger charge is 2.12. The maximum absolute atomic E-state index is 13.1. The minimum absolute atomic E-state index is 0.242. The summed E-state index contributed by atoms with van der Waals surface area (Å²) in [5, 5.41) is 2.73. The summed E-state index contributed by atoms with van der Waals surface area (Å²) in [4.78, 5) is 12.1. The average molecular weight is 387 g/mol. The van der Waals surface area contributed by atoms with Crippen molar-refractivity contribution in [3.05, 3.63) is 62.3 Å². The molecule has 0 aliphatic carbocycles. The maximum atomic E-state index is 13.1. The molecule has 1 amide bonds. The molecule has 0 aliphatic rings. The number of anilines is 1. The molecule has 2 nitrogen and oxygen atoms in total. The quantitative estimate of drug-likeness (QED) is 0.780. The van der Waals surface area contributed by atoms with Crippen molar-refractivity contribution < 1.29 is 9.18 Å². The fraction of sp³-hybridized carbons (Fsp3) is 0.0714. The summed E-state index contributed by atoms with van der Waals surface area (Å²) >= 11 is 6.47. The van der Waals surface area contributed by atoms with Gasteiger partial charge in [-0.25, -0.2) is 4.39 Å². The zero-order valence-corrected chi connectivity index (χ0v) is 13.2. The summed E-state index contributed by atoms with van der Waals surface area (Å²) in [6.45, 7) is 1.91. The van der Waals surface area contributed by atoms with E-state index in [9.17, 15) is 9.18 Å². The first kappa shape index (κ1) is 14.2. The van der Waals surface area contributed by atoms with Crippen molar-refractivity contribution in [2.75, 3.05) is 5.32 Å². The third kappa shape index (κ3) is 3.22. The van der Waals surface area contributed by atoms with Crippen LogP contribution >= 0.6 is 31.9 Å². The summed E-state index contributed by atoms with van der Waals surface area (Å²) in [7, 11) is 0. The number of amides is 1. The number of nitrogens with one attached hydrogen (secondary N) is 1. The van der Waals surface area contributed by atoms with Crippen molar-refractivity contribution in [2.24, 2.45) is 0 Å². The van der Waals surface area contributed by atoms with E-state index in [0.29, 0.717) is 15.7 Å². The number of carbonyl (C=O) groups is 1. The molecule has 2 aromatic carbocycles. The van der Waals surface area contributed by atoms with E-state index in [1.807, 2.05) is 19.1 Å². The van der Waals surface area contributed by atoms with Gasteiger partial charge in [-0.3, -0.25) is 4.79 Å². The Morgan fingerprint density at radius 1 is 1.21 bits per heavy atom. The van der Waals surface area contributed by atoms with Gasteiger partial charge in [0.1, 0.15) is 5.82 Å². The number of rotatable bonds is 2. The van der Waals surface area contributed by atoms with E-state index in [-0.39, 0.29) is 11.7 Å². The van der Waals surface area contributed by atoms with Crippen molar-refractivity contribution in [3.8, 4) is 0 Å². The Labute approximate surface area is 127 Å². The lowest BCUT2D eigenvalue weighted by atomic mass is 10.1. The zero-order valence-electron chi connectivity index (χ0n) is 10.0. The van der Waals surface area contributed by atoms with Crippen LogP contribution < -0.4 is 5.32 Å². The van der Waals surface area contributed by atoms with Gasteiger partial charge in [0.05, 0.1) is 10.0 Å². The first-order chi connectivity index (χ1) is 8.99. The van der Waals surface area contributed by atoms with E-state index in [4.69, 9.17) is 0 Å². The van der Waals surface area contributed by atoms with Gasteiger partial charge in [0.15, 0.2) is 0 Å². The van der Waals surface area contributed by atoms with Crippen LogP contribution in [0.1, 0.15) is 15.9 Å². The molecule has 0 bridgehead atoms. The van der Waals surface area contributed by atoms with E-state index in [1.165, 1.54) is 18.2 Å². The molecule has 19 heavy (non-hydrogen) atoms. The molecule has 98 valence electrons. The normalized spacial score (nSPS) is 10.3. The Morgan fingerprint density at radius 2 is 1.95 bits per heavy atom. The smallest absolute Gasteiger partial charge is 0.256 e. The summed E-state index contributed by atoms with van der Waals surface area (Å²) in [5.74, 6) is -0.608. The monoisotopic (exact) mass is 385 g/mol. The second-order valence-electron chi connectivity index (χ2n) is 4.02. The Bertz CT molecular complexity index is 643. The molecule has 0 saturated carbocycles. The zero-order chi connectivity index (χ0) is 14.0. The van der Waals surface area contributed by atoms with Crippen LogP contribution in [0, 0.1) is 12.7 Å². The minimum atomic E-state index is -0.366. The highest BCUT2D eigenvalue weighted by Crippen LogP contribution is 2.24. The average Bonchev–Trinajstić information content (AvgIpc) is 2.37. The number of carbonyl (C=O) groups excluding carboxylic acids is 1. The van der Waals surface area contributed by atoms with E-state index in [1.54, 1.807) is 6.07 Å². The highest BCUT2D eigenvalue weighted by molar-refractivity contribution is 9.10. The molecular formula is C14H10Br2FNO. The number of hydrogen-bond donors (Lipinski definition) is 1. The van der Waals surface area contributed by atoms with Crippen molar-refractivity contribution in [1.29, 1.82) is 0 Å². The molecule has 2 aromatic rings. The molecular weight excluding hydrogens is 377 g/mol. The van der Waals surface area contributed by atoms with Gasteiger partial charge in [0.2, 0.25) is 0 Å². The predicted octanol–water partition coefficient (Wildman–Crippen LogP) is 4.91. The maximum Gasteiger partial charge on any atom is 0.256 e. The van der Waals surface area contributed by atoms with Crippen LogP contribution in [0.3, 0.4) is 0 Å². The van der Waals surface area contributed by atoms with Crippen LogP contribution in [0.15, 0.2) is 45.3 Å². The molecule has 0 atom stereocenters. The van der Waals surface area contributed by atoms with Gasteiger partial charge in [-0.1, -0.05) is 12.1 Å². The molecule has 0 spiro atoms. The molecule has 0 fully saturated rings. The highest BCUT2D eigenvalue weighted by atomic mass is 79.9. The van der Waals surface area contributed by atoms with E-state index in [0.717, 1.165) is 10.0 Å². The van der Waals surface area contributed by atoms with Gasteiger partial charge in [-0.2, -0.15) is 0 Å². The van der Waals surface area contributed by atoms with Crippen molar-refractivity contribution in [1.82, 2.24) is 0 Å². The predicted molar refractivity (Wildman–Crippen MR) is 80.9 cm³/mol. The van der Waals surface area contributed by atoms with E-state index in [2.05, 4.69) is 37.2 Å². The SMILES string of the molecule is Cc1cccc(C(=O)Nc2ccc(F)c(Br)c2)c1Br. The second kappa shape index (κ2) is 5.84. The van der Waals surface area contributed by atoms with Gasteiger partial charge < -0.3 is 5.32 Å². The Morgan fingerprint density at radius 3 is 2.63 bits per heavy atom. The van der Waals surface area contributed by atoms with E-state index < -0.39 is 0 Å². The number of aryl methyl sites for hydroxylation is 1. The van der Waals surface area contributed by atoms with Crippen molar-refractivity contribution >= 4 is 43.5 Å². The Hall–Kier alpha value is -1.20.